The average Bonchev–Trinajstić information content (AvgIpc) is 3.07. The molecule has 0 aliphatic rings. The number of rotatable bonds is 4. The monoisotopic (exact) mass is 338 g/mol. The highest BCUT2D eigenvalue weighted by atomic mass is 16.1. The molecule has 1 aromatic carbocycles. The zero-order valence-corrected chi connectivity index (χ0v) is 15.8. The molecule has 3 aromatic rings. The maximum absolute atomic E-state index is 12.5. The molecule has 132 valence electrons. The van der Waals surface area contributed by atoms with Crippen LogP contribution in [0.1, 0.15) is 50.7 Å². The van der Waals surface area contributed by atoms with Crippen LogP contribution in [0.2, 0.25) is 0 Å². The Morgan fingerprint density at radius 1 is 1.24 bits per heavy atom. The summed E-state index contributed by atoms with van der Waals surface area (Å²) in [6.07, 6.45) is 3.00. The quantitative estimate of drug-likeness (QED) is 0.718. The van der Waals surface area contributed by atoms with Crippen molar-refractivity contribution < 1.29 is 4.79 Å². The number of carbonyl (C=O) groups excluding carboxylic acids is 1. The highest BCUT2D eigenvalue weighted by Gasteiger charge is 2.23. The Labute approximate surface area is 148 Å². The Morgan fingerprint density at radius 3 is 2.60 bits per heavy atom. The molecule has 0 aliphatic heterocycles. The number of hydrogen-bond acceptors (Lipinski definition) is 3. The molecule has 0 saturated carbocycles. The van der Waals surface area contributed by atoms with E-state index < -0.39 is 5.41 Å². The third-order valence-corrected chi connectivity index (χ3v) is 4.18. The SMILES string of the molecule is CC(C)Cc1cn(C)c(-c2nc3ccc(C(=O)C(C)(C)C)cc3[nH]2)n1. The van der Waals surface area contributed by atoms with Gasteiger partial charge in [0.25, 0.3) is 0 Å². The van der Waals surface area contributed by atoms with E-state index in [2.05, 4.69) is 30.0 Å². The van der Waals surface area contributed by atoms with E-state index in [1.54, 1.807) is 0 Å². The van der Waals surface area contributed by atoms with Crippen LogP contribution in [0.5, 0.6) is 0 Å². The van der Waals surface area contributed by atoms with Gasteiger partial charge in [-0.25, -0.2) is 9.97 Å². The van der Waals surface area contributed by atoms with Gasteiger partial charge in [0.05, 0.1) is 16.7 Å². The Hall–Kier alpha value is -2.43. The highest BCUT2D eigenvalue weighted by Crippen LogP contribution is 2.25. The first-order valence-electron chi connectivity index (χ1n) is 8.72. The maximum atomic E-state index is 12.5. The van der Waals surface area contributed by atoms with Crippen molar-refractivity contribution in [3.05, 3.63) is 35.7 Å². The number of hydrogen-bond donors (Lipinski definition) is 1. The molecule has 0 bridgehead atoms. The number of carbonyl (C=O) groups is 1. The molecule has 0 amide bonds. The van der Waals surface area contributed by atoms with E-state index in [0.717, 1.165) is 34.8 Å². The number of ketones is 1. The van der Waals surface area contributed by atoms with Crippen LogP contribution >= 0.6 is 0 Å². The van der Waals surface area contributed by atoms with Gasteiger partial charge in [0, 0.05) is 24.2 Å². The van der Waals surface area contributed by atoms with Crippen LogP contribution in [0, 0.1) is 11.3 Å². The van der Waals surface area contributed by atoms with Crippen molar-refractivity contribution in [2.75, 3.05) is 0 Å². The number of nitrogens with one attached hydrogen (secondary N) is 1. The molecule has 5 heteroatoms. The topological polar surface area (TPSA) is 63.6 Å². The number of benzene rings is 1. The van der Waals surface area contributed by atoms with Crippen LogP contribution in [-0.4, -0.2) is 25.3 Å². The molecular weight excluding hydrogens is 312 g/mol. The molecule has 0 saturated heterocycles. The van der Waals surface area contributed by atoms with Crippen molar-refractivity contribution >= 4 is 16.8 Å². The zero-order valence-electron chi connectivity index (χ0n) is 15.8. The van der Waals surface area contributed by atoms with Crippen molar-refractivity contribution in [3.8, 4) is 11.6 Å². The summed E-state index contributed by atoms with van der Waals surface area (Å²) >= 11 is 0. The lowest BCUT2D eigenvalue weighted by Crippen LogP contribution is -2.19. The smallest absolute Gasteiger partial charge is 0.176 e. The minimum Gasteiger partial charge on any atom is -0.335 e. The van der Waals surface area contributed by atoms with Gasteiger partial charge in [0.2, 0.25) is 0 Å². The minimum atomic E-state index is -0.401. The summed E-state index contributed by atoms with van der Waals surface area (Å²) in [6, 6.07) is 5.63. The molecule has 5 nitrogen and oxygen atoms in total. The van der Waals surface area contributed by atoms with E-state index >= 15 is 0 Å². The van der Waals surface area contributed by atoms with Gasteiger partial charge in [-0.2, -0.15) is 0 Å². The van der Waals surface area contributed by atoms with Gasteiger partial charge in [-0.05, 0) is 30.5 Å². The lowest BCUT2D eigenvalue weighted by Gasteiger charge is -2.16. The third kappa shape index (κ3) is 3.50. The first kappa shape index (κ1) is 17.4. The largest absolute Gasteiger partial charge is 0.335 e. The molecule has 25 heavy (non-hydrogen) atoms. The molecule has 1 N–H and O–H groups in total. The summed E-state index contributed by atoms with van der Waals surface area (Å²) in [5.74, 6) is 2.23. The normalized spacial score (nSPS) is 12.3. The van der Waals surface area contributed by atoms with Crippen LogP contribution in [-0.2, 0) is 13.5 Å². The molecule has 2 aromatic heterocycles. The lowest BCUT2D eigenvalue weighted by atomic mass is 9.86. The van der Waals surface area contributed by atoms with E-state index in [0.29, 0.717) is 11.5 Å². The predicted octanol–water partition coefficient (Wildman–Crippen LogP) is 4.39. The molecule has 0 fully saturated rings. The molecule has 0 radical (unpaired) electrons. The minimum absolute atomic E-state index is 0.127. The zero-order chi connectivity index (χ0) is 18.4. The van der Waals surface area contributed by atoms with Crippen LogP contribution < -0.4 is 0 Å². The number of imidazole rings is 2. The van der Waals surface area contributed by atoms with E-state index in [4.69, 9.17) is 4.98 Å². The van der Waals surface area contributed by atoms with E-state index in [1.165, 1.54) is 0 Å². The standard InChI is InChI=1S/C20H26N4O/c1-12(2)9-14-11-24(6)19(21-14)18-22-15-8-7-13(10-16(15)23-18)17(25)20(3,4)5/h7-8,10-12H,9H2,1-6H3,(H,22,23). The second-order valence-corrected chi connectivity index (χ2v) is 8.16. The number of Topliss-reactive ketones (excluding diaryl/α,β-unsaturated/α-hetero) is 1. The predicted molar refractivity (Wildman–Crippen MR) is 101 cm³/mol. The fourth-order valence-electron chi connectivity index (χ4n) is 2.95. The number of aromatic nitrogens is 4. The van der Waals surface area contributed by atoms with Gasteiger partial charge < -0.3 is 9.55 Å². The van der Waals surface area contributed by atoms with E-state index in [1.807, 2.05) is 50.6 Å². The summed E-state index contributed by atoms with van der Waals surface area (Å²) in [4.78, 5) is 25.2. The number of H-pyrrole nitrogens is 1. The molecule has 0 atom stereocenters. The van der Waals surface area contributed by atoms with Crippen LogP contribution in [0.4, 0.5) is 0 Å². The summed E-state index contributed by atoms with van der Waals surface area (Å²) in [5, 5.41) is 0. The molecule has 0 aliphatic carbocycles. The third-order valence-electron chi connectivity index (χ3n) is 4.18. The van der Waals surface area contributed by atoms with Gasteiger partial charge >= 0.3 is 0 Å². The fourth-order valence-corrected chi connectivity index (χ4v) is 2.95. The van der Waals surface area contributed by atoms with Crippen molar-refractivity contribution in [2.45, 2.75) is 41.0 Å². The van der Waals surface area contributed by atoms with Crippen molar-refractivity contribution in [3.63, 3.8) is 0 Å². The number of nitrogens with zero attached hydrogens (tertiary/aromatic N) is 3. The van der Waals surface area contributed by atoms with Gasteiger partial charge in [-0.1, -0.05) is 34.6 Å². The highest BCUT2D eigenvalue weighted by molar-refractivity contribution is 6.02. The molecule has 2 heterocycles. The number of fused-ring (bicyclic) bond motifs is 1. The second-order valence-electron chi connectivity index (χ2n) is 8.16. The molecule has 3 rings (SSSR count). The van der Waals surface area contributed by atoms with Crippen LogP contribution in [0.3, 0.4) is 0 Å². The van der Waals surface area contributed by atoms with E-state index in [9.17, 15) is 4.79 Å². The van der Waals surface area contributed by atoms with Gasteiger partial charge in [0.1, 0.15) is 0 Å². The fraction of sp³-hybridized carbons (Fsp3) is 0.450. The maximum Gasteiger partial charge on any atom is 0.176 e. The van der Waals surface area contributed by atoms with Gasteiger partial charge in [-0.3, -0.25) is 4.79 Å². The van der Waals surface area contributed by atoms with Crippen LogP contribution in [0.25, 0.3) is 22.7 Å². The van der Waals surface area contributed by atoms with Crippen molar-refractivity contribution in [2.24, 2.45) is 18.4 Å². The average molecular weight is 338 g/mol. The summed E-state index contributed by atoms with van der Waals surface area (Å²) in [5.41, 5.74) is 3.07. The van der Waals surface area contributed by atoms with Crippen molar-refractivity contribution in [1.82, 2.24) is 19.5 Å². The first-order valence-corrected chi connectivity index (χ1v) is 8.72. The Bertz CT molecular complexity index is 925. The molecular formula is C20H26N4O. The van der Waals surface area contributed by atoms with E-state index in [-0.39, 0.29) is 5.78 Å². The Kier molecular flexibility index (Phi) is 4.27. The summed E-state index contributed by atoms with van der Waals surface area (Å²) < 4.78 is 2.00. The summed E-state index contributed by atoms with van der Waals surface area (Å²) in [7, 11) is 1.98. The molecule has 0 spiro atoms. The summed E-state index contributed by atoms with van der Waals surface area (Å²) in [6.45, 7) is 10.2. The van der Waals surface area contributed by atoms with Crippen molar-refractivity contribution in [1.29, 1.82) is 0 Å². The Balaban J connectivity index is 1.99. The van der Waals surface area contributed by atoms with Crippen LogP contribution in [0.15, 0.2) is 24.4 Å². The first-order chi connectivity index (χ1) is 11.6. The molecule has 0 unspecified atom stereocenters. The number of aryl methyl sites for hydroxylation is 1. The lowest BCUT2D eigenvalue weighted by molar-refractivity contribution is 0.0858. The number of aromatic amines is 1. The second kappa shape index (κ2) is 6.14. The Morgan fingerprint density at radius 2 is 1.96 bits per heavy atom. The van der Waals surface area contributed by atoms with Gasteiger partial charge in [0.15, 0.2) is 17.4 Å². The van der Waals surface area contributed by atoms with Gasteiger partial charge in [-0.15, -0.1) is 0 Å².